The maximum Gasteiger partial charge on any atom is 0.411 e. The Kier molecular flexibility index (Phi) is 10.7. The molecule has 1 atom stereocenters. The molecule has 0 aromatic heterocycles. The Hall–Kier alpha value is -1.42. The minimum Gasteiger partial charge on any atom is -0.444 e. The molecule has 0 spiro atoms. The Balaban J connectivity index is 5.42. The summed E-state index contributed by atoms with van der Waals surface area (Å²) in [4.78, 5) is 31.3. The fourth-order valence-corrected chi connectivity index (χ4v) is 3.28. The van der Waals surface area contributed by atoms with E-state index in [9.17, 15) is 14.7 Å². The molecular formula is C21H42N2O6Si. The molecule has 0 aliphatic heterocycles. The van der Waals surface area contributed by atoms with E-state index in [1.165, 1.54) is 19.1 Å². The minimum absolute atomic E-state index is 0.0738. The van der Waals surface area contributed by atoms with Crippen LogP contribution in [0.1, 0.15) is 48.0 Å². The van der Waals surface area contributed by atoms with Gasteiger partial charge in [0.15, 0.2) is 8.32 Å². The number of ether oxygens (including phenoxy) is 1. The van der Waals surface area contributed by atoms with E-state index in [1.54, 1.807) is 20.8 Å². The highest BCUT2D eigenvalue weighted by Gasteiger charge is 2.37. The average molecular weight is 447 g/mol. The van der Waals surface area contributed by atoms with Gasteiger partial charge < -0.3 is 14.3 Å². The van der Waals surface area contributed by atoms with Crippen LogP contribution in [0.3, 0.4) is 0 Å². The van der Waals surface area contributed by atoms with Crippen molar-refractivity contribution >= 4 is 20.3 Å². The normalized spacial score (nSPS) is 13.6. The van der Waals surface area contributed by atoms with Gasteiger partial charge in [-0.1, -0.05) is 32.9 Å². The van der Waals surface area contributed by atoms with Gasteiger partial charge >= 0.3 is 6.09 Å². The molecule has 0 saturated heterocycles. The first-order valence-corrected chi connectivity index (χ1v) is 13.1. The number of hydrogen-bond donors (Lipinski definition) is 1. The van der Waals surface area contributed by atoms with Crippen molar-refractivity contribution in [3.63, 3.8) is 0 Å². The van der Waals surface area contributed by atoms with Gasteiger partial charge in [-0.3, -0.25) is 14.5 Å². The summed E-state index contributed by atoms with van der Waals surface area (Å²) in [5.74, 6) is -0.452. The summed E-state index contributed by atoms with van der Waals surface area (Å²) in [6.45, 7) is 19.8. The van der Waals surface area contributed by atoms with Crippen molar-refractivity contribution in [1.82, 2.24) is 9.96 Å². The van der Waals surface area contributed by atoms with Crippen LogP contribution in [0.15, 0.2) is 12.2 Å². The lowest BCUT2D eigenvalue weighted by Crippen LogP contribution is -2.50. The second-order valence-electron chi connectivity index (χ2n) is 9.90. The summed E-state index contributed by atoms with van der Waals surface area (Å²) >= 11 is 0. The van der Waals surface area contributed by atoms with Gasteiger partial charge in [-0.2, -0.15) is 0 Å². The molecule has 176 valence electrons. The standard InChI is InChI=1S/C21H42N2O6Si/c1-16(12-13-28-30(10,11)21(5,6)7)17(15-24)23(14-18(25)22(8)27-9)19(26)29-20(2,3)4/h17,24H,1,12-15H2,2-11H3/t17-/m1/s1. The van der Waals surface area contributed by atoms with Crippen molar-refractivity contribution in [2.75, 3.05) is 33.9 Å². The highest BCUT2D eigenvalue weighted by molar-refractivity contribution is 6.74. The molecule has 9 heteroatoms. The molecule has 0 saturated carbocycles. The maximum atomic E-state index is 12.8. The highest BCUT2D eigenvalue weighted by atomic mass is 28.4. The molecule has 2 amide bonds. The van der Waals surface area contributed by atoms with E-state index < -0.39 is 32.0 Å². The Labute approximate surface area is 183 Å². The van der Waals surface area contributed by atoms with Crippen LogP contribution in [0.2, 0.25) is 18.1 Å². The van der Waals surface area contributed by atoms with E-state index in [-0.39, 0.29) is 18.2 Å². The Morgan fingerprint density at radius 1 is 1.13 bits per heavy atom. The number of aliphatic hydroxyl groups excluding tert-OH is 1. The smallest absolute Gasteiger partial charge is 0.411 e. The zero-order chi connectivity index (χ0) is 23.9. The number of carbonyl (C=O) groups excluding carboxylic acids is 2. The second kappa shape index (κ2) is 11.3. The molecule has 30 heavy (non-hydrogen) atoms. The highest BCUT2D eigenvalue weighted by Crippen LogP contribution is 2.36. The third kappa shape index (κ3) is 9.16. The molecule has 0 aromatic carbocycles. The fourth-order valence-electron chi connectivity index (χ4n) is 2.24. The molecule has 0 aliphatic rings. The molecular weight excluding hydrogens is 404 g/mol. The van der Waals surface area contributed by atoms with Crippen LogP contribution >= 0.6 is 0 Å². The lowest BCUT2D eigenvalue weighted by molar-refractivity contribution is -0.170. The van der Waals surface area contributed by atoms with Crippen molar-refractivity contribution < 1.29 is 28.7 Å². The maximum absolute atomic E-state index is 12.8. The Bertz CT molecular complexity index is 595. The van der Waals surface area contributed by atoms with Gasteiger partial charge in [0, 0.05) is 13.7 Å². The van der Waals surface area contributed by atoms with E-state index in [2.05, 4.69) is 40.4 Å². The zero-order valence-electron chi connectivity index (χ0n) is 20.5. The molecule has 0 aliphatic carbocycles. The van der Waals surface area contributed by atoms with Crippen molar-refractivity contribution in [2.45, 2.75) is 77.7 Å². The van der Waals surface area contributed by atoms with Crippen LogP contribution in [0.25, 0.3) is 0 Å². The largest absolute Gasteiger partial charge is 0.444 e. The summed E-state index contributed by atoms with van der Waals surface area (Å²) in [5.41, 5.74) is -0.159. The topological polar surface area (TPSA) is 88.5 Å². The molecule has 0 rings (SSSR count). The summed E-state index contributed by atoms with van der Waals surface area (Å²) in [5, 5.41) is 11.1. The number of aliphatic hydroxyl groups is 1. The average Bonchev–Trinajstić information content (AvgIpc) is 2.57. The number of rotatable bonds is 10. The van der Waals surface area contributed by atoms with Gasteiger partial charge in [0.05, 0.1) is 19.8 Å². The third-order valence-corrected chi connectivity index (χ3v) is 9.81. The van der Waals surface area contributed by atoms with E-state index in [0.717, 1.165) is 5.06 Å². The lowest BCUT2D eigenvalue weighted by Gasteiger charge is -2.37. The quantitative estimate of drug-likeness (QED) is 0.313. The summed E-state index contributed by atoms with van der Waals surface area (Å²) in [6, 6.07) is -0.780. The number of likely N-dealkylation sites (N-methyl/N-ethyl adjacent to an activating group) is 1. The van der Waals surface area contributed by atoms with Crippen LogP contribution in [0.5, 0.6) is 0 Å². The number of nitrogens with zero attached hydrogens (tertiary/aromatic N) is 2. The molecule has 8 nitrogen and oxygen atoms in total. The van der Waals surface area contributed by atoms with E-state index in [1.807, 2.05) is 0 Å². The first-order valence-electron chi connectivity index (χ1n) is 10.2. The summed E-state index contributed by atoms with van der Waals surface area (Å²) in [7, 11) is 0.878. The number of hydroxylamine groups is 2. The molecule has 0 bridgehead atoms. The molecule has 0 radical (unpaired) electrons. The van der Waals surface area contributed by atoms with Crippen LogP contribution in [0, 0.1) is 0 Å². The summed E-state index contributed by atoms with van der Waals surface area (Å²) < 4.78 is 11.6. The molecule has 0 heterocycles. The predicted molar refractivity (Wildman–Crippen MR) is 120 cm³/mol. The monoisotopic (exact) mass is 446 g/mol. The predicted octanol–water partition coefficient (Wildman–Crippen LogP) is 3.57. The second-order valence-corrected chi connectivity index (χ2v) is 14.7. The number of carbonyl (C=O) groups is 2. The van der Waals surface area contributed by atoms with Gasteiger partial charge in [-0.15, -0.1) is 0 Å². The molecule has 1 N–H and O–H groups in total. The fraction of sp³-hybridized carbons (Fsp3) is 0.810. The Morgan fingerprint density at radius 3 is 2.07 bits per heavy atom. The van der Waals surface area contributed by atoms with E-state index in [4.69, 9.17) is 14.0 Å². The third-order valence-electron chi connectivity index (χ3n) is 5.27. The van der Waals surface area contributed by atoms with Crippen molar-refractivity contribution in [3.05, 3.63) is 12.2 Å². The van der Waals surface area contributed by atoms with E-state index >= 15 is 0 Å². The van der Waals surface area contributed by atoms with Crippen LogP contribution < -0.4 is 0 Å². The van der Waals surface area contributed by atoms with Gasteiger partial charge in [0.2, 0.25) is 0 Å². The first kappa shape index (κ1) is 28.6. The van der Waals surface area contributed by atoms with Crippen molar-refractivity contribution in [3.8, 4) is 0 Å². The van der Waals surface area contributed by atoms with Gasteiger partial charge in [-0.25, -0.2) is 9.86 Å². The van der Waals surface area contributed by atoms with E-state index in [0.29, 0.717) is 18.6 Å². The molecule has 0 aromatic rings. The summed E-state index contributed by atoms with van der Waals surface area (Å²) in [6.07, 6.45) is -0.253. The van der Waals surface area contributed by atoms with Gasteiger partial charge in [0.25, 0.3) is 5.91 Å². The SMILES string of the molecule is C=C(CCO[Si](C)(C)C(C)(C)C)[C@@H](CO)N(CC(=O)N(C)OC)C(=O)OC(C)(C)C. The van der Waals surface area contributed by atoms with Crippen LogP contribution in [0.4, 0.5) is 4.79 Å². The first-order chi connectivity index (χ1) is 13.5. The van der Waals surface area contributed by atoms with Crippen LogP contribution in [-0.4, -0.2) is 80.9 Å². The van der Waals surface area contributed by atoms with Crippen LogP contribution in [-0.2, 0) is 18.8 Å². The number of amides is 2. The molecule has 0 unspecified atom stereocenters. The van der Waals surface area contributed by atoms with Gasteiger partial charge in [0.1, 0.15) is 12.1 Å². The molecule has 0 fully saturated rings. The number of hydrogen-bond acceptors (Lipinski definition) is 6. The van der Waals surface area contributed by atoms with Crippen molar-refractivity contribution in [1.29, 1.82) is 0 Å². The van der Waals surface area contributed by atoms with Gasteiger partial charge in [-0.05, 0) is 45.3 Å². The minimum atomic E-state index is -1.93. The lowest BCUT2D eigenvalue weighted by atomic mass is 10.1. The zero-order valence-corrected chi connectivity index (χ0v) is 21.5. The Morgan fingerprint density at radius 2 is 1.67 bits per heavy atom. The van der Waals surface area contributed by atoms with Crippen molar-refractivity contribution in [2.24, 2.45) is 0 Å².